The molecule has 4 aromatic rings. The highest BCUT2D eigenvalue weighted by atomic mass is 16.5. The maximum atomic E-state index is 12.5. The van der Waals surface area contributed by atoms with Crippen LogP contribution in [0.5, 0.6) is 11.5 Å². The van der Waals surface area contributed by atoms with Crippen LogP contribution < -0.4 is 20.3 Å². The molecule has 0 saturated heterocycles. The van der Waals surface area contributed by atoms with Crippen LogP contribution in [0.25, 0.3) is 11.1 Å². The summed E-state index contributed by atoms with van der Waals surface area (Å²) in [6.07, 6.45) is 0. The molecular weight excluding hydrogens is 428 g/mol. The fourth-order valence-corrected chi connectivity index (χ4v) is 3.27. The summed E-state index contributed by atoms with van der Waals surface area (Å²) in [6, 6.07) is 33.2. The lowest BCUT2D eigenvalue weighted by molar-refractivity contribution is 0.0846. The number of hydrogen-bond donors (Lipinski definition) is 2. The highest BCUT2D eigenvalue weighted by molar-refractivity contribution is 5.99. The predicted octanol–water partition coefficient (Wildman–Crippen LogP) is 4.89. The topological polar surface area (TPSA) is 76.7 Å². The molecular formula is C28H24N2O4. The first-order chi connectivity index (χ1) is 16.7. The van der Waals surface area contributed by atoms with Gasteiger partial charge in [0.1, 0.15) is 24.7 Å². The molecule has 0 atom stereocenters. The molecule has 4 rings (SSSR count). The summed E-state index contributed by atoms with van der Waals surface area (Å²) in [7, 11) is 0. The van der Waals surface area contributed by atoms with Crippen LogP contribution in [0.15, 0.2) is 109 Å². The molecule has 6 nitrogen and oxygen atoms in total. The van der Waals surface area contributed by atoms with Crippen molar-refractivity contribution in [1.82, 2.24) is 10.9 Å². The van der Waals surface area contributed by atoms with E-state index in [0.717, 1.165) is 16.9 Å². The van der Waals surface area contributed by atoms with Gasteiger partial charge >= 0.3 is 0 Å². The van der Waals surface area contributed by atoms with Crippen molar-refractivity contribution < 1.29 is 19.1 Å². The van der Waals surface area contributed by atoms with Gasteiger partial charge in [-0.1, -0.05) is 66.7 Å². The molecule has 0 unspecified atom stereocenters. The Morgan fingerprint density at radius 3 is 1.74 bits per heavy atom. The third-order valence-corrected chi connectivity index (χ3v) is 5.00. The molecule has 6 heteroatoms. The summed E-state index contributed by atoms with van der Waals surface area (Å²) in [5.41, 5.74) is 7.76. The normalized spacial score (nSPS) is 10.2. The highest BCUT2D eigenvalue weighted by Gasteiger charge is 2.10. The monoisotopic (exact) mass is 452 g/mol. The average molecular weight is 453 g/mol. The molecule has 0 aliphatic heterocycles. The van der Waals surface area contributed by atoms with Gasteiger partial charge < -0.3 is 9.47 Å². The first-order valence-corrected chi connectivity index (χ1v) is 10.9. The van der Waals surface area contributed by atoms with Crippen molar-refractivity contribution in [1.29, 1.82) is 0 Å². The maximum Gasteiger partial charge on any atom is 0.269 e. The Morgan fingerprint density at radius 1 is 0.529 bits per heavy atom. The van der Waals surface area contributed by atoms with Crippen molar-refractivity contribution in [3.63, 3.8) is 0 Å². The van der Waals surface area contributed by atoms with E-state index in [1.54, 1.807) is 36.4 Å². The fraction of sp³-hybridized carbons (Fsp3) is 0.0714. The van der Waals surface area contributed by atoms with Crippen LogP contribution in [0.4, 0.5) is 0 Å². The largest absolute Gasteiger partial charge is 0.490 e. The summed E-state index contributed by atoms with van der Waals surface area (Å²) in [5.74, 6) is 0.454. The van der Waals surface area contributed by atoms with Crippen LogP contribution in [-0.4, -0.2) is 25.0 Å². The third kappa shape index (κ3) is 6.23. The molecule has 0 fully saturated rings. The number of amides is 2. The van der Waals surface area contributed by atoms with E-state index in [1.165, 1.54) is 0 Å². The standard InChI is InChI=1S/C28H24N2O4/c31-27(23-16-14-22(15-17-23)21-8-3-1-4-9-21)29-30-28(32)24-10-7-13-26(20-24)34-19-18-33-25-11-5-2-6-12-25/h1-17,20H,18-19H2,(H,29,31)(H,30,32). The van der Waals surface area contributed by atoms with Gasteiger partial charge in [0.05, 0.1) is 0 Å². The van der Waals surface area contributed by atoms with E-state index in [-0.39, 0.29) is 0 Å². The van der Waals surface area contributed by atoms with Gasteiger partial charge in [0, 0.05) is 11.1 Å². The van der Waals surface area contributed by atoms with Gasteiger partial charge in [0.2, 0.25) is 0 Å². The number of para-hydroxylation sites is 1. The Bertz CT molecular complexity index is 1230. The minimum absolute atomic E-state index is 0.329. The van der Waals surface area contributed by atoms with Crippen LogP contribution in [0.3, 0.4) is 0 Å². The molecule has 0 bridgehead atoms. The molecule has 0 aliphatic rings. The van der Waals surface area contributed by atoms with Crippen LogP contribution in [0.1, 0.15) is 20.7 Å². The van der Waals surface area contributed by atoms with Crippen LogP contribution in [0.2, 0.25) is 0 Å². The molecule has 170 valence electrons. The van der Waals surface area contributed by atoms with E-state index in [1.807, 2.05) is 72.8 Å². The molecule has 0 aliphatic carbocycles. The van der Waals surface area contributed by atoms with Crippen LogP contribution >= 0.6 is 0 Å². The molecule has 0 heterocycles. The second kappa shape index (κ2) is 11.3. The van der Waals surface area contributed by atoms with Gasteiger partial charge in [-0.15, -0.1) is 0 Å². The predicted molar refractivity (Wildman–Crippen MR) is 131 cm³/mol. The zero-order valence-corrected chi connectivity index (χ0v) is 18.4. The lowest BCUT2D eigenvalue weighted by Gasteiger charge is -2.11. The number of carbonyl (C=O) groups excluding carboxylic acids is 2. The van der Waals surface area contributed by atoms with Gasteiger partial charge in [0.15, 0.2) is 0 Å². The fourth-order valence-electron chi connectivity index (χ4n) is 3.27. The maximum absolute atomic E-state index is 12.5. The first kappa shape index (κ1) is 22.6. The van der Waals surface area contributed by atoms with E-state index in [9.17, 15) is 9.59 Å². The van der Waals surface area contributed by atoms with Crippen molar-refractivity contribution in [2.45, 2.75) is 0 Å². The minimum atomic E-state index is -0.444. The lowest BCUT2D eigenvalue weighted by Crippen LogP contribution is -2.41. The van der Waals surface area contributed by atoms with Gasteiger partial charge in [-0.3, -0.25) is 20.4 Å². The van der Waals surface area contributed by atoms with Gasteiger partial charge in [-0.25, -0.2) is 0 Å². The average Bonchev–Trinajstić information content (AvgIpc) is 2.91. The van der Waals surface area contributed by atoms with E-state index < -0.39 is 11.8 Å². The number of carbonyl (C=O) groups is 2. The lowest BCUT2D eigenvalue weighted by atomic mass is 10.0. The van der Waals surface area contributed by atoms with Crippen LogP contribution in [0, 0.1) is 0 Å². The molecule has 34 heavy (non-hydrogen) atoms. The molecule has 0 radical (unpaired) electrons. The number of nitrogens with one attached hydrogen (secondary N) is 2. The van der Waals surface area contributed by atoms with E-state index in [0.29, 0.717) is 30.1 Å². The zero-order valence-electron chi connectivity index (χ0n) is 18.4. The Hall–Kier alpha value is -4.58. The molecule has 0 aromatic heterocycles. The van der Waals surface area contributed by atoms with E-state index in [2.05, 4.69) is 10.9 Å². The minimum Gasteiger partial charge on any atom is -0.490 e. The molecule has 0 saturated carbocycles. The summed E-state index contributed by atoms with van der Waals surface area (Å²) < 4.78 is 11.3. The molecule has 0 spiro atoms. The Kier molecular flexibility index (Phi) is 7.54. The van der Waals surface area contributed by atoms with Crippen molar-refractivity contribution in [2.24, 2.45) is 0 Å². The first-order valence-electron chi connectivity index (χ1n) is 10.9. The Labute approximate surface area is 198 Å². The zero-order chi connectivity index (χ0) is 23.6. The summed E-state index contributed by atoms with van der Waals surface area (Å²) in [6.45, 7) is 0.704. The summed E-state index contributed by atoms with van der Waals surface area (Å²) in [5, 5.41) is 0. The Morgan fingerprint density at radius 2 is 1.06 bits per heavy atom. The number of hydrogen-bond acceptors (Lipinski definition) is 4. The van der Waals surface area contributed by atoms with Crippen molar-refractivity contribution in [3.8, 4) is 22.6 Å². The second-order valence-corrected chi connectivity index (χ2v) is 7.39. The molecule has 2 N–H and O–H groups in total. The molecule has 2 amide bonds. The Balaban J connectivity index is 1.26. The van der Waals surface area contributed by atoms with Gasteiger partial charge in [-0.2, -0.15) is 0 Å². The van der Waals surface area contributed by atoms with Gasteiger partial charge in [-0.05, 0) is 53.6 Å². The van der Waals surface area contributed by atoms with Gasteiger partial charge in [0.25, 0.3) is 11.8 Å². The molecule has 4 aromatic carbocycles. The quantitative estimate of drug-likeness (QED) is 0.295. The summed E-state index contributed by atoms with van der Waals surface area (Å²) >= 11 is 0. The summed E-state index contributed by atoms with van der Waals surface area (Å²) in [4.78, 5) is 24.9. The number of hydrazine groups is 1. The van der Waals surface area contributed by atoms with E-state index >= 15 is 0 Å². The highest BCUT2D eigenvalue weighted by Crippen LogP contribution is 2.19. The van der Waals surface area contributed by atoms with Crippen molar-refractivity contribution >= 4 is 11.8 Å². The van der Waals surface area contributed by atoms with Crippen molar-refractivity contribution in [2.75, 3.05) is 13.2 Å². The number of ether oxygens (including phenoxy) is 2. The van der Waals surface area contributed by atoms with Crippen molar-refractivity contribution in [3.05, 3.63) is 120 Å². The number of benzene rings is 4. The smallest absolute Gasteiger partial charge is 0.269 e. The number of rotatable bonds is 8. The van der Waals surface area contributed by atoms with E-state index in [4.69, 9.17) is 9.47 Å². The second-order valence-electron chi connectivity index (χ2n) is 7.39. The SMILES string of the molecule is O=C(NNC(=O)c1cccc(OCCOc2ccccc2)c1)c1ccc(-c2ccccc2)cc1. The van der Waals surface area contributed by atoms with Crippen LogP contribution in [-0.2, 0) is 0 Å². The third-order valence-electron chi connectivity index (χ3n) is 5.00.